The lowest BCUT2D eigenvalue weighted by atomic mass is 10.1. The number of nitrogens with zero attached hydrogens (tertiary/aromatic N) is 1. The lowest BCUT2D eigenvalue weighted by Crippen LogP contribution is -2.38. The Morgan fingerprint density at radius 1 is 1.35 bits per heavy atom. The Hall–Kier alpha value is -1.28. The van der Waals surface area contributed by atoms with Crippen molar-refractivity contribution in [2.75, 3.05) is 24.6 Å². The zero-order chi connectivity index (χ0) is 14.8. The summed E-state index contributed by atoms with van der Waals surface area (Å²) in [4.78, 5) is 14.0. The highest BCUT2D eigenvalue weighted by atomic mass is 32.3. The maximum Gasteiger partial charge on any atom is 0.488 e. The van der Waals surface area contributed by atoms with E-state index in [2.05, 4.69) is 4.18 Å². The molecule has 1 heterocycles. The van der Waals surface area contributed by atoms with Crippen LogP contribution in [0.5, 0.6) is 5.75 Å². The summed E-state index contributed by atoms with van der Waals surface area (Å²) in [5, 5.41) is 0. The molecule has 1 aliphatic rings. The van der Waals surface area contributed by atoms with Gasteiger partial charge in [0.05, 0.1) is 5.56 Å². The third-order valence-corrected chi connectivity index (χ3v) is 4.23. The highest BCUT2D eigenvalue weighted by molar-refractivity contribution is 7.99. The van der Waals surface area contributed by atoms with Crippen molar-refractivity contribution in [2.45, 2.75) is 6.92 Å². The van der Waals surface area contributed by atoms with Crippen molar-refractivity contribution in [1.82, 2.24) is 4.90 Å². The van der Waals surface area contributed by atoms with Gasteiger partial charge in [0.15, 0.2) is 5.75 Å². The SMILES string of the molecule is Cc1cccc(C(=O)N2CCSCC2)c1OS(=O)(=O)F. The maximum absolute atomic E-state index is 12.8. The second-order valence-corrected chi connectivity index (χ2v) is 6.51. The number of benzene rings is 1. The number of aryl methyl sites for hydroxylation is 1. The van der Waals surface area contributed by atoms with E-state index in [9.17, 15) is 17.1 Å². The van der Waals surface area contributed by atoms with Crippen molar-refractivity contribution in [3.05, 3.63) is 29.3 Å². The standard InChI is InChI=1S/C12H14FNO4S2/c1-9-3-2-4-10(11(9)18-20(13,16)17)12(15)14-5-7-19-8-6-14/h2-4H,5-8H2,1H3. The van der Waals surface area contributed by atoms with E-state index in [1.54, 1.807) is 35.7 Å². The molecule has 0 spiro atoms. The van der Waals surface area contributed by atoms with Gasteiger partial charge in [-0.3, -0.25) is 4.79 Å². The Labute approximate surface area is 121 Å². The summed E-state index contributed by atoms with van der Waals surface area (Å²) in [5.41, 5.74) is 0.460. The van der Waals surface area contributed by atoms with Gasteiger partial charge in [-0.05, 0) is 18.6 Å². The predicted octanol–water partition coefficient (Wildman–Crippen LogP) is 1.78. The molecule has 0 aliphatic carbocycles. The lowest BCUT2D eigenvalue weighted by Gasteiger charge is -2.27. The minimum Gasteiger partial charge on any atom is -0.357 e. The maximum atomic E-state index is 12.8. The van der Waals surface area contributed by atoms with Crippen LogP contribution in [0.25, 0.3) is 0 Å². The van der Waals surface area contributed by atoms with Crippen LogP contribution in [-0.2, 0) is 10.5 Å². The van der Waals surface area contributed by atoms with Crippen LogP contribution in [0, 0.1) is 6.92 Å². The van der Waals surface area contributed by atoms with Crippen molar-refractivity contribution >= 4 is 28.2 Å². The Balaban J connectivity index is 2.35. The Morgan fingerprint density at radius 2 is 2.00 bits per heavy atom. The van der Waals surface area contributed by atoms with Crippen molar-refractivity contribution in [2.24, 2.45) is 0 Å². The molecule has 0 radical (unpaired) electrons. The van der Waals surface area contributed by atoms with Gasteiger partial charge in [-0.25, -0.2) is 0 Å². The fourth-order valence-corrected chi connectivity index (χ4v) is 3.29. The van der Waals surface area contributed by atoms with Crippen LogP contribution in [0.4, 0.5) is 3.89 Å². The highest BCUT2D eigenvalue weighted by Crippen LogP contribution is 2.27. The fraction of sp³-hybridized carbons (Fsp3) is 0.417. The molecule has 0 unspecified atom stereocenters. The zero-order valence-corrected chi connectivity index (χ0v) is 12.5. The second-order valence-electron chi connectivity index (χ2n) is 4.33. The first-order valence-corrected chi connectivity index (χ1v) is 8.45. The van der Waals surface area contributed by atoms with E-state index in [0.29, 0.717) is 18.7 Å². The first-order valence-electron chi connectivity index (χ1n) is 5.99. The number of para-hydroxylation sites is 1. The molecule has 0 saturated carbocycles. The summed E-state index contributed by atoms with van der Waals surface area (Å²) in [6.45, 7) is 2.72. The Morgan fingerprint density at radius 3 is 2.60 bits per heavy atom. The van der Waals surface area contributed by atoms with Gasteiger partial charge in [-0.2, -0.15) is 20.2 Å². The molecule has 0 aromatic heterocycles. The van der Waals surface area contributed by atoms with Gasteiger partial charge in [0.25, 0.3) is 5.91 Å². The largest absolute Gasteiger partial charge is 0.488 e. The number of hydrogen-bond acceptors (Lipinski definition) is 5. The van der Waals surface area contributed by atoms with E-state index < -0.39 is 10.5 Å². The number of carbonyl (C=O) groups is 1. The Kier molecular flexibility index (Phi) is 4.54. The fourth-order valence-electron chi connectivity index (χ4n) is 1.97. The van der Waals surface area contributed by atoms with E-state index in [4.69, 9.17) is 0 Å². The second kappa shape index (κ2) is 6.01. The molecule has 1 aliphatic heterocycles. The molecule has 1 saturated heterocycles. The summed E-state index contributed by atoms with van der Waals surface area (Å²) in [6, 6.07) is 4.61. The van der Waals surface area contributed by atoms with Crippen LogP contribution in [0.2, 0.25) is 0 Å². The van der Waals surface area contributed by atoms with Crippen LogP contribution in [0.3, 0.4) is 0 Å². The number of thioether (sulfide) groups is 1. The van der Waals surface area contributed by atoms with Gasteiger partial charge in [0, 0.05) is 24.6 Å². The van der Waals surface area contributed by atoms with E-state index in [0.717, 1.165) is 11.5 Å². The normalized spacial score (nSPS) is 16.0. The summed E-state index contributed by atoms with van der Waals surface area (Å²) in [7, 11) is -5.16. The summed E-state index contributed by atoms with van der Waals surface area (Å²) >= 11 is 1.75. The number of carbonyl (C=O) groups excluding carboxylic acids is 1. The molecule has 0 N–H and O–H groups in total. The number of rotatable bonds is 3. The van der Waals surface area contributed by atoms with Crippen LogP contribution >= 0.6 is 11.8 Å². The van der Waals surface area contributed by atoms with Crippen molar-refractivity contribution in [1.29, 1.82) is 0 Å². The molecule has 1 aromatic carbocycles. The third kappa shape index (κ3) is 3.63. The van der Waals surface area contributed by atoms with Crippen LogP contribution in [0.15, 0.2) is 18.2 Å². The summed E-state index contributed by atoms with van der Waals surface area (Å²) < 4.78 is 38.5. The first-order chi connectivity index (χ1) is 9.38. The number of hydrogen-bond donors (Lipinski definition) is 0. The molecule has 110 valence electrons. The zero-order valence-electron chi connectivity index (χ0n) is 10.8. The average molecular weight is 319 g/mol. The molecule has 2 rings (SSSR count). The van der Waals surface area contributed by atoms with Gasteiger partial charge in [-0.15, -0.1) is 0 Å². The molecular formula is C12H14FNO4S2. The summed E-state index contributed by atoms with van der Waals surface area (Å²) in [6.07, 6.45) is 0. The van der Waals surface area contributed by atoms with Gasteiger partial charge >= 0.3 is 10.5 Å². The molecule has 5 nitrogen and oxygen atoms in total. The van der Waals surface area contributed by atoms with Gasteiger partial charge < -0.3 is 9.08 Å². The Bertz CT molecular complexity index is 612. The van der Waals surface area contributed by atoms with E-state index >= 15 is 0 Å². The molecular weight excluding hydrogens is 305 g/mol. The molecule has 1 amide bonds. The van der Waals surface area contributed by atoms with Crippen LogP contribution < -0.4 is 4.18 Å². The minimum atomic E-state index is -5.16. The van der Waals surface area contributed by atoms with Gasteiger partial charge in [0.2, 0.25) is 0 Å². The third-order valence-electron chi connectivity index (χ3n) is 2.92. The molecule has 0 atom stereocenters. The lowest BCUT2D eigenvalue weighted by molar-refractivity contribution is 0.0770. The topological polar surface area (TPSA) is 63.7 Å². The van der Waals surface area contributed by atoms with Gasteiger partial charge in [0.1, 0.15) is 0 Å². The smallest absolute Gasteiger partial charge is 0.357 e. The van der Waals surface area contributed by atoms with E-state index in [1.165, 1.54) is 6.07 Å². The molecule has 1 fully saturated rings. The van der Waals surface area contributed by atoms with Gasteiger partial charge in [-0.1, -0.05) is 16.0 Å². The van der Waals surface area contributed by atoms with Crippen molar-refractivity contribution < 1.29 is 21.3 Å². The van der Waals surface area contributed by atoms with Crippen LogP contribution in [0.1, 0.15) is 15.9 Å². The highest BCUT2D eigenvalue weighted by Gasteiger charge is 2.25. The van der Waals surface area contributed by atoms with E-state index in [1.807, 2.05) is 0 Å². The molecule has 1 aromatic rings. The molecule has 20 heavy (non-hydrogen) atoms. The van der Waals surface area contributed by atoms with Crippen LogP contribution in [-0.4, -0.2) is 43.8 Å². The predicted molar refractivity (Wildman–Crippen MR) is 75.1 cm³/mol. The van der Waals surface area contributed by atoms with E-state index in [-0.39, 0.29) is 17.2 Å². The molecule has 8 heteroatoms. The number of amides is 1. The number of halogens is 1. The molecule has 0 bridgehead atoms. The average Bonchev–Trinajstić information content (AvgIpc) is 2.40. The summed E-state index contributed by atoms with van der Waals surface area (Å²) in [5.74, 6) is 1.08. The monoisotopic (exact) mass is 319 g/mol. The van der Waals surface area contributed by atoms with Crippen molar-refractivity contribution in [3.8, 4) is 5.75 Å². The van der Waals surface area contributed by atoms with Crippen molar-refractivity contribution in [3.63, 3.8) is 0 Å². The quantitative estimate of drug-likeness (QED) is 0.795. The minimum absolute atomic E-state index is 0.0677. The first kappa shape index (κ1) is 15.1.